The van der Waals surface area contributed by atoms with Crippen molar-refractivity contribution in [1.29, 1.82) is 0 Å². The maximum atomic E-state index is 4.12. The number of nitrogens with zero attached hydrogens (tertiary/aromatic N) is 2. The highest BCUT2D eigenvalue weighted by Gasteiger charge is 2.05. The molecule has 0 aliphatic carbocycles. The van der Waals surface area contributed by atoms with Crippen molar-refractivity contribution in [1.82, 2.24) is 15.3 Å². The molecule has 2 N–H and O–H groups in total. The van der Waals surface area contributed by atoms with Gasteiger partial charge in [0.2, 0.25) is 0 Å². The number of aromatic amines is 1. The third-order valence-corrected chi connectivity index (χ3v) is 1.46. The van der Waals surface area contributed by atoms with Crippen LogP contribution in [-0.4, -0.2) is 28.4 Å². The van der Waals surface area contributed by atoms with E-state index in [2.05, 4.69) is 27.2 Å². The predicted octanol–water partition coefficient (Wildman–Crippen LogP) is 0.806. The van der Waals surface area contributed by atoms with Gasteiger partial charge in [-0.2, -0.15) is 0 Å². The smallest absolute Gasteiger partial charge is 0.0935 e. The molecule has 1 aromatic rings. The summed E-state index contributed by atoms with van der Waals surface area (Å²) in [5.41, 5.74) is 0. The molecule has 0 aromatic carbocycles. The summed E-state index contributed by atoms with van der Waals surface area (Å²) in [6.45, 7) is 5.06. The number of hydrogen-bond acceptors (Lipinski definition) is 3. The van der Waals surface area contributed by atoms with E-state index in [1.54, 1.807) is 18.7 Å². The first-order valence-corrected chi connectivity index (χ1v) is 3.99. The average molecular weight is 166 g/mol. The van der Waals surface area contributed by atoms with Crippen LogP contribution in [0.1, 0.15) is 13.8 Å². The number of rotatable bonds is 0. The Balaban J connectivity index is 0.000000127. The van der Waals surface area contributed by atoms with E-state index in [-0.39, 0.29) is 0 Å². The summed E-state index contributed by atoms with van der Waals surface area (Å²) in [6.07, 6.45) is 5.08. The van der Waals surface area contributed by atoms with Crippen LogP contribution in [0.5, 0.6) is 0 Å². The highest BCUT2D eigenvalue weighted by molar-refractivity contribution is 5.81. The van der Waals surface area contributed by atoms with E-state index in [4.69, 9.17) is 0 Å². The summed E-state index contributed by atoms with van der Waals surface area (Å²) in [6, 6.07) is 0.569. The molecule has 0 saturated heterocycles. The van der Waals surface area contributed by atoms with Crippen LogP contribution in [0.25, 0.3) is 0 Å². The third kappa shape index (κ3) is 3.18. The van der Waals surface area contributed by atoms with E-state index in [0.29, 0.717) is 6.04 Å². The van der Waals surface area contributed by atoms with E-state index < -0.39 is 0 Å². The first-order valence-electron chi connectivity index (χ1n) is 3.99. The zero-order valence-electron chi connectivity index (χ0n) is 7.41. The van der Waals surface area contributed by atoms with Crippen molar-refractivity contribution in [2.24, 2.45) is 4.99 Å². The van der Waals surface area contributed by atoms with Crippen LogP contribution in [-0.2, 0) is 0 Å². The van der Waals surface area contributed by atoms with Gasteiger partial charge >= 0.3 is 0 Å². The highest BCUT2D eigenvalue weighted by atomic mass is 15.1. The van der Waals surface area contributed by atoms with Gasteiger partial charge in [-0.05, 0) is 13.8 Å². The van der Waals surface area contributed by atoms with Gasteiger partial charge in [0.15, 0.2) is 0 Å². The van der Waals surface area contributed by atoms with Gasteiger partial charge in [0.25, 0.3) is 0 Å². The molecule has 1 aliphatic rings. The SMILES string of the molecule is CC1=NCC(C)N1.c1c[nH]cn1. The second-order valence-corrected chi connectivity index (χ2v) is 2.73. The van der Waals surface area contributed by atoms with Gasteiger partial charge in [-0.1, -0.05) is 0 Å². The summed E-state index contributed by atoms with van der Waals surface area (Å²) >= 11 is 0. The minimum atomic E-state index is 0.569. The highest BCUT2D eigenvalue weighted by Crippen LogP contribution is 1.91. The number of imidazole rings is 1. The van der Waals surface area contributed by atoms with Crippen LogP contribution in [0, 0.1) is 0 Å². The fourth-order valence-electron chi connectivity index (χ4n) is 0.937. The minimum absolute atomic E-state index is 0.569. The Labute approximate surface area is 72.1 Å². The molecular formula is C8H14N4. The lowest BCUT2D eigenvalue weighted by Crippen LogP contribution is -2.24. The summed E-state index contributed by atoms with van der Waals surface area (Å²) in [7, 11) is 0. The van der Waals surface area contributed by atoms with Gasteiger partial charge in [-0.25, -0.2) is 4.98 Å². The molecule has 4 heteroatoms. The first-order chi connectivity index (χ1) is 5.79. The Morgan fingerprint density at radius 3 is 2.58 bits per heavy atom. The number of amidine groups is 1. The van der Waals surface area contributed by atoms with E-state index in [9.17, 15) is 0 Å². The third-order valence-electron chi connectivity index (χ3n) is 1.46. The number of aromatic nitrogens is 2. The van der Waals surface area contributed by atoms with Crippen LogP contribution in [0.15, 0.2) is 23.7 Å². The van der Waals surface area contributed by atoms with Crippen molar-refractivity contribution in [2.45, 2.75) is 19.9 Å². The lowest BCUT2D eigenvalue weighted by molar-refractivity contribution is 0.725. The van der Waals surface area contributed by atoms with E-state index in [1.807, 2.05) is 6.92 Å². The summed E-state index contributed by atoms with van der Waals surface area (Å²) in [5, 5.41) is 3.17. The van der Waals surface area contributed by atoms with Crippen molar-refractivity contribution >= 4 is 5.84 Å². The Kier molecular flexibility index (Phi) is 3.32. The molecule has 4 nitrogen and oxygen atoms in total. The van der Waals surface area contributed by atoms with E-state index in [0.717, 1.165) is 12.4 Å². The van der Waals surface area contributed by atoms with Crippen molar-refractivity contribution in [3.05, 3.63) is 18.7 Å². The molecule has 2 heterocycles. The fraction of sp³-hybridized carbons (Fsp3) is 0.500. The Bertz CT molecular complexity index is 210. The van der Waals surface area contributed by atoms with Gasteiger partial charge in [0.1, 0.15) is 0 Å². The van der Waals surface area contributed by atoms with Crippen molar-refractivity contribution in [2.75, 3.05) is 6.54 Å². The van der Waals surface area contributed by atoms with E-state index in [1.165, 1.54) is 0 Å². The van der Waals surface area contributed by atoms with Gasteiger partial charge in [-0.15, -0.1) is 0 Å². The Hall–Kier alpha value is -1.32. The lowest BCUT2D eigenvalue weighted by atomic mass is 10.4. The van der Waals surface area contributed by atoms with Crippen LogP contribution >= 0.6 is 0 Å². The van der Waals surface area contributed by atoms with Crippen molar-refractivity contribution in [3.63, 3.8) is 0 Å². The summed E-state index contributed by atoms with van der Waals surface area (Å²) in [5.74, 6) is 1.08. The van der Waals surface area contributed by atoms with Crippen LogP contribution in [0.3, 0.4) is 0 Å². The topological polar surface area (TPSA) is 53.1 Å². The number of H-pyrrole nitrogens is 1. The molecule has 1 aromatic heterocycles. The average Bonchev–Trinajstić information content (AvgIpc) is 2.63. The van der Waals surface area contributed by atoms with Crippen LogP contribution in [0.2, 0.25) is 0 Å². The predicted molar refractivity (Wildman–Crippen MR) is 49.2 cm³/mol. The molecule has 1 aliphatic heterocycles. The molecule has 1 unspecified atom stereocenters. The molecule has 12 heavy (non-hydrogen) atoms. The standard InChI is InChI=1S/C5H10N2.C3H4N2/c1-4-3-6-5(2)7-4;1-2-5-3-4-1/h4H,3H2,1-2H3,(H,6,7);1-3H,(H,4,5). The summed E-state index contributed by atoms with van der Waals surface area (Å²) in [4.78, 5) is 10.5. The molecule has 0 fully saturated rings. The van der Waals surface area contributed by atoms with Gasteiger partial charge in [0, 0.05) is 18.4 Å². The molecule has 0 saturated carbocycles. The maximum Gasteiger partial charge on any atom is 0.0935 e. The zero-order valence-corrected chi connectivity index (χ0v) is 7.41. The number of aliphatic imine (C=N–C) groups is 1. The number of nitrogens with one attached hydrogen (secondary N) is 2. The molecule has 2 rings (SSSR count). The monoisotopic (exact) mass is 166 g/mol. The molecule has 66 valence electrons. The molecule has 0 radical (unpaired) electrons. The first kappa shape index (κ1) is 8.77. The molecule has 1 atom stereocenters. The van der Waals surface area contributed by atoms with Crippen LogP contribution < -0.4 is 5.32 Å². The second kappa shape index (κ2) is 4.54. The molecule has 0 spiro atoms. The molecular weight excluding hydrogens is 152 g/mol. The van der Waals surface area contributed by atoms with Gasteiger partial charge in [0.05, 0.1) is 18.7 Å². The fourth-order valence-corrected chi connectivity index (χ4v) is 0.937. The Morgan fingerprint density at radius 1 is 1.58 bits per heavy atom. The van der Waals surface area contributed by atoms with Gasteiger partial charge in [-0.3, -0.25) is 4.99 Å². The summed E-state index contributed by atoms with van der Waals surface area (Å²) < 4.78 is 0. The van der Waals surface area contributed by atoms with E-state index >= 15 is 0 Å². The largest absolute Gasteiger partial charge is 0.370 e. The molecule has 0 bridgehead atoms. The lowest BCUT2D eigenvalue weighted by Gasteiger charge is -1.98. The second-order valence-electron chi connectivity index (χ2n) is 2.73. The minimum Gasteiger partial charge on any atom is -0.370 e. The van der Waals surface area contributed by atoms with Crippen LogP contribution in [0.4, 0.5) is 0 Å². The quantitative estimate of drug-likeness (QED) is 0.599. The van der Waals surface area contributed by atoms with Crippen molar-refractivity contribution < 1.29 is 0 Å². The molecule has 0 amide bonds. The number of hydrogen-bond donors (Lipinski definition) is 2. The Morgan fingerprint density at radius 2 is 2.42 bits per heavy atom. The normalized spacial score (nSPS) is 20.5. The zero-order chi connectivity index (χ0) is 8.81. The van der Waals surface area contributed by atoms with Crippen molar-refractivity contribution in [3.8, 4) is 0 Å². The maximum absolute atomic E-state index is 4.12. The van der Waals surface area contributed by atoms with Gasteiger partial charge < -0.3 is 10.3 Å².